The van der Waals surface area contributed by atoms with Crippen molar-refractivity contribution < 1.29 is 19.4 Å². The number of hydrogen-bond donors (Lipinski definition) is 3. The van der Waals surface area contributed by atoms with Crippen molar-refractivity contribution >= 4 is 22.8 Å². The molecule has 1 atom stereocenters. The van der Waals surface area contributed by atoms with E-state index in [-0.39, 0.29) is 18.7 Å². The Morgan fingerprint density at radius 3 is 2.62 bits per heavy atom. The van der Waals surface area contributed by atoms with Crippen molar-refractivity contribution in [1.29, 1.82) is 0 Å². The van der Waals surface area contributed by atoms with Crippen LogP contribution in [0.4, 0.5) is 0 Å². The molecule has 0 radical (unpaired) electrons. The van der Waals surface area contributed by atoms with Crippen molar-refractivity contribution in [1.82, 2.24) is 10.3 Å². The normalized spacial score (nSPS) is 13.1. The summed E-state index contributed by atoms with van der Waals surface area (Å²) in [5.41, 5.74) is 2.74. The van der Waals surface area contributed by atoms with E-state index in [0.717, 1.165) is 22.9 Å². The molecule has 1 heterocycles. The number of carbonyl (C=O) groups excluding carboxylic acids is 1. The van der Waals surface area contributed by atoms with Gasteiger partial charge in [-0.3, -0.25) is 9.59 Å². The van der Waals surface area contributed by atoms with Gasteiger partial charge >= 0.3 is 5.97 Å². The van der Waals surface area contributed by atoms with Gasteiger partial charge in [0.1, 0.15) is 5.75 Å². The number of benzene rings is 2. The van der Waals surface area contributed by atoms with Crippen molar-refractivity contribution in [3.8, 4) is 5.75 Å². The Balaban J connectivity index is 1.86. The van der Waals surface area contributed by atoms with Gasteiger partial charge in [-0.2, -0.15) is 0 Å². The Bertz CT molecular complexity index is 1040. The number of amides is 1. The van der Waals surface area contributed by atoms with E-state index in [1.807, 2.05) is 18.3 Å². The molecule has 152 valence electrons. The topological polar surface area (TPSA) is 91.4 Å². The molecule has 1 aromatic heterocycles. The summed E-state index contributed by atoms with van der Waals surface area (Å²) in [6, 6.07) is 13.2. The molecule has 29 heavy (non-hydrogen) atoms. The fraction of sp³-hybridized carbons (Fsp3) is 0.304. The third-order valence-electron chi connectivity index (χ3n) is 5.25. The molecule has 0 aliphatic rings. The van der Waals surface area contributed by atoms with Crippen molar-refractivity contribution in [2.75, 3.05) is 7.11 Å². The molecule has 0 spiro atoms. The number of carboxylic acids is 1. The van der Waals surface area contributed by atoms with Crippen LogP contribution in [-0.4, -0.2) is 29.1 Å². The molecule has 6 heteroatoms. The van der Waals surface area contributed by atoms with Crippen LogP contribution in [0.2, 0.25) is 0 Å². The Morgan fingerprint density at radius 2 is 1.93 bits per heavy atom. The van der Waals surface area contributed by atoms with Crippen LogP contribution in [0.15, 0.2) is 48.7 Å². The number of methoxy groups -OCH3 is 1. The fourth-order valence-corrected chi connectivity index (χ4v) is 3.73. The minimum Gasteiger partial charge on any atom is -0.497 e. The standard InChI is InChI=1S/C23H26N2O4/c1-4-15-7-5-10-19-16(14-24-22(15)19)11-20(26)25-23(2,13-21(27)28)17-8-6-9-18(12-17)29-3/h5-10,12,14,24H,4,11,13H2,1-3H3,(H,25,26)(H,27,28). The van der Waals surface area contributed by atoms with E-state index in [9.17, 15) is 14.7 Å². The van der Waals surface area contributed by atoms with Crippen LogP contribution in [0.25, 0.3) is 10.9 Å². The number of aromatic nitrogens is 1. The number of nitrogens with one attached hydrogen (secondary N) is 2. The number of para-hydroxylation sites is 1. The molecule has 0 fully saturated rings. The minimum absolute atomic E-state index is 0.159. The fourth-order valence-electron chi connectivity index (χ4n) is 3.73. The SMILES string of the molecule is CCc1cccc2c(CC(=O)NC(C)(CC(=O)O)c3cccc(OC)c3)c[nH]c12. The van der Waals surface area contributed by atoms with Crippen molar-refractivity contribution in [2.24, 2.45) is 0 Å². The highest BCUT2D eigenvalue weighted by atomic mass is 16.5. The van der Waals surface area contributed by atoms with Gasteiger partial charge in [0, 0.05) is 17.1 Å². The van der Waals surface area contributed by atoms with Crippen LogP contribution < -0.4 is 10.1 Å². The van der Waals surface area contributed by atoms with Crippen LogP contribution in [0.1, 0.15) is 37.0 Å². The molecule has 3 N–H and O–H groups in total. The molecule has 6 nitrogen and oxygen atoms in total. The third kappa shape index (κ3) is 4.42. The number of carboxylic acid groups (broad SMARTS) is 1. The second-order valence-electron chi connectivity index (χ2n) is 7.37. The summed E-state index contributed by atoms with van der Waals surface area (Å²) in [4.78, 5) is 27.6. The van der Waals surface area contributed by atoms with E-state index in [4.69, 9.17) is 4.74 Å². The van der Waals surface area contributed by atoms with Crippen LogP contribution in [0.3, 0.4) is 0 Å². The highest BCUT2D eigenvalue weighted by Gasteiger charge is 2.32. The van der Waals surface area contributed by atoms with Gasteiger partial charge in [0.05, 0.1) is 25.5 Å². The van der Waals surface area contributed by atoms with Gasteiger partial charge in [-0.15, -0.1) is 0 Å². The molecule has 0 saturated heterocycles. The van der Waals surface area contributed by atoms with Gasteiger partial charge in [-0.1, -0.05) is 37.3 Å². The number of aliphatic carboxylic acids is 1. The molecule has 3 aromatic rings. The molecule has 2 aromatic carbocycles. The first-order chi connectivity index (χ1) is 13.9. The summed E-state index contributed by atoms with van der Waals surface area (Å²) in [5, 5.41) is 13.4. The highest BCUT2D eigenvalue weighted by molar-refractivity contribution is 5.91. The summed E-state index contributed by atoms with van der Waals surface area (Å²) in [7, 11) is 1.55. The molecule has 3 rings (SSSR count). The maximum absolute atomic E-state index is 12.9. The predicted octanol–water partition coefficient (Wildman–Crippen LogP) is 3.79. The average molecular weight is 394 g/mol. The number of carbonyl (C=O) groups is 2. The summed E-state index contributed by atoms with van der Waals surface area (Å²) in [6.45, 7) is 3.81. The number of ether oxygens (including phenoxy) is 1. The maximum atomic E-state index is 12.9. The third-order valence-corrected chi connectivity index (χ3v) is 5.25. The van der Waals surface area contributed by atoms with E-state index in [2.05, 4.69) is 23.3 Å². The van der Waals surface area contributed by atoms with E-state index in [1.165, 1.54) is 5.56 Å². The Hall–Kier alpha value is -3.28. The van der Waals surface area contributed by atoms with E-state index < -0.39 is 11.5 Å². The number of fused-ring (bicyclic) bond motifs is 1. The van der Waals surface area contributed by atoms with E-state index in [1.54, 1.807) is 38.3 Å². The lowest BCUT2D eigenvalue weighted by atomic mass is 9.88. The highest BCUT2D eigenvalue weighted by Crippen LogP contribution is 2.29. The van der Waals surface area contributed by atoms with Crippen molar-refractivity contribution in [3.63, 3.8) is 0 Å². The zero-order valence-corrected chi connectivity index (χ0v) is 16.9. The number of aryl methyl sites for hydroxylation is 1. The number of aromatic amines is 1. The zero-order chi connectivity index (χ0) is 21.0. The molecule has 0 bridgehead atoms. The van der Waals surface area contributed by atoms with Gasteiger partial charge in [-0.05, 0) is 42.2 Å². The Labute approximate surface area is 169 Å². The second kappa shape index (κ2) is 8.39. The first kappa shape index (κ1) is 20.5. The molecule has 0 saturated carbocycles. The lowest BCUT2D eigenvalue weighted by Crippen LogP contribution is -2.45. The zero-order valence-electron chi connectivity index (χ0n) is 16.9. The Kier molecular flexibility index (Phi) is 5.92. The summed E-state index contributed by atoms with van der Waals surface area (Å²) >= 11 is 0. The van der Waals surface area contributed by atoms with Crippen LogP contribution in [0.5, 0.6) is 5.75 Å². The van der Waals surface area contributed by atoms with Crippen LogP contribution in [0, 0.1) is 0 Å². The average Bonchev–Trinajstić information content (AvgIpc) is 3.10. The van der Waals surface area contributed by atoms with Crippen molar-refractivity contribution in [3.05, 3.63) is 65.4 Å². The summed E-state index contributed by atoms with van der Waals surface area (Å²) in [6.07, 6.45) is 2.67. The predicted molar refractivity (Wildman–Crippen MR) is 112 cm³/mol. The summed E-state index contributed by atoms with van der Waals surface area (Å²) < 4.78 is 5.25. The smallest absolute Gasteiger partial charge is 0.306 e. The van der Waals surface area contributed by atoms with Gasteiger partial charge in [0.25, 0.3) is 0 Å². The van der Waals surface area contributed by atoms with Crippen LogP contribution >= 0.6 is 0 Å². The second-order valence-corrected chi connectivity index (χ2v) is 7.37. The molecule has 0 aliphatic carbocycles. The van der Waals surface area contributed by atoms with E-state index >= 15 is 0 Å². The monoisotopic (exact) mass is 394 g/mol. The van der Waals surface area contributed by atoms with Crippen molar-refractivity contribution in [2.45, 2.75) is 38.6 Å². The lowest BCUT2D eigenvalue weighted by molar-refractivity contribution is -0.139. The Morgan fingerprint density at radius 1 is 1.17 bits per heavy atom. The summed E-state index contributed by atoms with van der Waals surface area (Å²) in [5.74, 6) is -0.619. The maximum Gasteiger partial charge on any atom is 0.306 e. The number of rotatable bonds is 8. The first-order valence-corrected chi connectivity index (χ1v) is 9.61. The molecule has 0 aliphatic heterocycles. The molecule has 1 amide bonds. The van der Waals surface area contributed by atoms with E-state index in [0.29, 0.717) is 11.3 Å². The number of H-pyrrole nitrogens is 1. The quantitative estimate of drug-likeness (QED) is 0.542. The first-order valence-electron chi connectivity index (χ1n) is 9.61. The molecular weight excluding hydrogens is 368 g/mol. The largest absolute Gasteiger partial charge is 0.497 e. The minimum atomic E-state index is -1.06. The van der Waals surface area contributed by atoms with Gasteiger partial charge in [0.15, 0.2) is 0 Å². The van der Waals surface area contributed by atoms with Gasteiger partial charge in [-0.25, -0.2) is 0 Å². The number of hydrogen-bond acceptors (Lipinski definition) is 3. The molecule has 1 unspecified atom stereocenters. The molecular formula is C23H26N2O4. The lowest BCUT2D eigenvalue weighted by Gasteiger charge is -2.30. The van der Waals surface area contributed by atoms with Crippen LogP contribution in [-0.2, 0) is 28.0 Å². The van der Waals surface area contributed by atoms with Gasteiger partial charge in [0.2, 0.25) is 5.91 Å². The van der Waals surface area contributed by atoms with Gasteiger partial charge < -0.3 is 20.1 Å².